The van der Waals surface area contributed by atoms with Gasteiger partial charge in [0.1, 0.15) is 0 Å². The van der Waals surface area contributed by atoms with Crippen LogP contribution in [0.4, 0.5) is 5.69 Å². The Labute approximate surface area is 241 Å². The fourth-order valence-corrected chi connectivity index (χ4v) is 9.95. The van der Waals surface area contributed by atoms with Crippen LogP contribution in [-0.4, -0.2) is 36.7 Å². The maximum atomic E-state index is 11.2. The van der Waals surface area contributed by atoms with E-state index < -0.39 is 0 Å². The number of hydrogen-bond acceptors (Lipinski definition) is 6. The summed E-state index contributed by atoms with van der Waals surface area (Å²) in [6.07, 6.45) is 5.30. The van der Waals surface area contributed by atoms with E-state index in [0.29, 0.717) is 10.5 Å². The molecule has 0 radical (unpaired) electrons. The number of nitrogens with zero attached hydrogens (tertiary/aromatic N) is 3. The number of aromatic hydroxyl groups is 1. The van der Waals surface area contributed by atoms with E-state index in [0.717, 1.165) is 27.4 Å². The second-order valence-corrected chi connectivity index (χ2v) is 14.2. The van der Waals surface area contributed by atoms with Crippen molar-refractivity contribution in [1.29, 1.82) is 0 Å². The van der Waals surface area contributed by atoms with Crippen LogP contribution in [-0.2, 0) is 13.0 Å². The molecule has 0 saturated carbocycles. The van der Waals surface area contributed by atoms with Gasteiger partial charge in [0.2, 0.25) is 0 Å². The zero-order valence-electron chi connectivity index (χ0n) is 21.6. The monoisotopic (exact) mass is 621 g/mol. The van der Waals surface area contributed by atoms with Crippen LogP contribution in [0.2, 0.25) is 0 Å². The molecule has 0 spiro atoms. The summed E-state index contributed by atoms with van der Waals surface area (Å²) in [6, 6.07) is 17.4. The Kier molecular flexibility index (Phi) is 6.79. The Balaban J connectivity index is 1.53. The molecular weight excluding hydrogens is 594 g/mol. The van der Waals surface area contributed by atoms with E-state index in [1.165, 1.54) is 52.7 Å². The number of aryl methyl sites for hydroxylation is 2. The summed E-state index contributed by atoms with van der Waals surface area (Å²) < 4.78 is 6.29. The molecule has 0 saturated heterocycles. The van der Waals surface area contributed by atoms with Crippen LogP contribution in [0.25, 0.3) is 32.6 Å². The van der Waals surface area contributed by atoms with Gasteiger partial charge in [0.15, 0.2) is 0 Å². The van der Waals surface area contributed by atoms with Crippen molar-refractivity contribution < 1.29 is 5.11 Å². The second-order valence-electron chi connectivity index (χ2n) is 9.26. The van der Waals surface area contributed by atoms with E-state index in [2.05, 4.69) is 86.5 Å². The molecular formula is C30H27N3OS3Se. The standard InChI is InChI=1S/C30H27N3OS3Se/c1-5-18-10-9-13-22-26(18)31-24(36-22)15-19(28-29(34)33(6-2)30(35)37-28)16-25-32(4)27-21-12-8-7-11-20(21)17(3)14-23(27)38-25/h7-16,34H,5-6H2,1-4H3. The van der Waals surface area contributed by atoms with Gasteiger partial charge in [-0.15, -0.1) is 0 Å². The van der Waals surface area contributed by atoms with Gasteiger partial charge in [0.25, 0.3) is 0 Å². The molecule has 2 aromatic heterocycles. The average molecular weight is 621 g/mol. The fraction of sp³-hybridized carbons (Fsp3) is 0.200. The summed E-state index contributed by atoms with van der Waals surface area (Å²) in [4.78, 5) is 8.13. The summed E-state index contributed by atoms with van der Waals surface area (Å²) in [6.45, 7) is 7.00. The van der Waals surface area contributed by atoms with Crippen molar-refractivity contribution >= 4 is 92.6 Å². The van der Waals surface area contributed by atoms with Crippen LogP contribution in [0.3, 0.4) is 0 Å². The molecule has 4 nitrogen and oxygen atoms in total. The third-order valence-electron chi connectivity index (χ3n) is 6.97. The first-order valence-corrected chi connectivity index (χ1v) is 16.3. The zero-order valence-corrected chi connectivity index (χ0v) is 25.8. The van der Waals surface area contributed by atoms with Crippen molar-refractivity contribution in [1.82, 2.24) is 9.55 Å². The minimum atomic E-state index is 0.130. The molecule has 6 rings (SSSR count). The Bertz CT molecular complexity index is 1840. The van der Waals surface area contributed by atoms with E-state index in [-0.39, 0.29) is 20.8 Å². The molecule has 0 amide bonds. The topological polar surface area (TPSA) is 41.3 Å². The van der Waals surface area contributed by atoms with Gasteiger partial charge in [-0.3, -0.25) is 0 Å². The summed E-state index contributed by atoms with van der Waals surface area (Å²) in [5, 5.41) is 14.7. The van der Waals surface area contributed by atoms with E-state index in [1.54, 1.807) is 15.9 Å². The van der Waals surface area contributed by atoms with Crippen LogP contribution >= 0.6 is 34.9 Å². The normalized spacial score (nSPS) is 14.8. The quantitative estimate of drug-likeness (QED) is 0.163. The summed E-state index contributed by atoms with van der Waals surface area (Å²) in [5.41, 5.74) is 5.86. The summed E-state index contributed by atoms with van der Waals surface area (Å²) >= 11 is 8.89. The van der Waals surface area contributed by atoms with Gasteiger partial charge in [-0.05, 0) is 0 Å². The number of rotatable bonds is 5. The van der Waals surface area contributed by atoms with Crippen LogP contribution in [0.1, 0.15) is 34.9 Å². The molecule has 0 unspecified atom stereocenters. The van der Waals surface area contributed by atoms with E-state index in [4.69, 9.17) is 17.2 Å². The van der Waals surface area contributed by atoms with Crippen LogP contribution in [0.5, 0.6) is 5.88 Å². The molecule has 0 atom stereocenters. The third-order valence-corrected chi connectivity index (χ3v) is 11.8. The number of para-hydroxylation sites is 1. The average Bonchev–Trinajstić information content (AvgIpc) is 3.56. The predicted octanol–water partition coefficient (Wildman–Crippen LogP) is 7.50. The van der Waals surface area contributed by atoms with Gasteiger partial charge >= 0.3 is 243 Å². The molecule has 5 aromatic rings. The zero-order chi connectivity index (χ0) is 26.6. The maximum absolute atomic E-state index is 11.2. The van der Waals surface area contributed by atoms with E-state index in [1.807, 2.05) is 6.92 Å². The first-order chi connectivity index (χ1) is 18.4. The number of aromatic nitrogens is 2. The van der Waals surface area contributed by atoms with Gasteiger partial charge in [0, 0.05) is 0 Å². The van der Waals surface area contributed by atoms with Gasteiger partial charge in [-0.25, -0.2) is 0 Å². The van der Waals surface area contributed by atoms with Crippen LogP contribution in [0, 0.1) is 10.9 Å². The SMILES string of the molecule is CCc1cccc2sc(C=C(C=C3[Se]c4cc(C)c5ccccc5c4N3C)c3sc(=S)n(CC)c3O)nc12. The molecule has 192 valence electrons. The first kappa shape index (κ1) is 25.5. The molecule has 1 aliphatic rings. The van der Waals surface area contributed by atoms with Gasteiger partial charge in [-0.2, -0.15) is 0 Å². The predicted molar refractivity (Wildman–Crippen MR) is 168 cm³/mol. The van der Waals surface area contributed by atoms with Gasteiger partial charge in [0.05, 0.1) is 0 Å². The van der Waals surface area contributed by atoms with E-state index >= 15 is 0 Å². The van der Waals surface area contributed by atoms with Crippen molar-refractivity contribution in [3.63, 3.8) is 0 Å². The molecule has 0 aliphatic carbocycles. The Morgan fingerprint density at radius 2 is 1.89 bits per heavy atom. The second kappa shape index (κ2) is 10.1. The Morgan fingerprint density at radius 1 is 1.11 bits per heavy atom. The van der Waals surface area contributed by atoms with Crippen LogP contribution < -0.4 is 9.36 Å². The van der Waals surface area contributed by atoms with E-state index in [9.17, 15) is 5.11 Å². The molecule has 8 heteroatoms. The molecule has 3 heterocycles. The molecule has 1 aliphatic heterocycles. The summed E-state index contributed by atoms with van der Waals surface area (Å²) in [5.74, 6) is 0.230. The number of fused-ring (bicyclic) bond motifs is 4. The van der Waals surface area contributed by atoms with Crippen molar-refractivity contribution in [3.05, 3.63) is 84.2 Å². The Hall–Kier alpha value is -2.74. The van der Waals surface area contributed by atoms with Crippen molar-refractivity contribution in [2.24, 2.45) is 0 Å². The molecule has 0 bridgehead atoms. The number of thiazole rings is 2. The van der Waals surface area contributed by atoms with Gasteiger partial charge in [-0.1, -0.05) is 0 Å². The number of anilines is 1. The number of benzene rings is 3. The fourth-order valence-electron chi connectivity index (χ4n) is 5.02. The Morgan fingerprint density at radius 3 is 2.63 bits per heavy atom. The van der Waals surface area contributed by atoms with Gasteiger partial charge < -0.3 is 0 Å². The number of allylic oxidation sites excluding steroid dienone is 2. The molecule has 38 heavy (non-hydrogen) atoms. The molecule has 0 fully saturated rings. The summed E-state index contributed by atoms with van der Waals surface area (Å²) in [7, 11) is 2.16. The number of hydrogen-bond donors (Lipinski definition) is 1. The van der Waals surface area contributed by atoms with Crippen molar-refractivity contribution in [2.45, 2.75) is 33.7 Å². The first-order valence-electron chi connectivity index (χ1n) is 12.6. The minimum absolute atomic E-state index is 0.130. The van der Waals surface area contributed by atoms with Crippen LogP contribution in [0.15, 0.2) is 59.2 Å². The molecule has 1 N–H and O–H groups in total. The van der Waals surface area contributed by atoms with Crippen molar-refractivity contribution in [2.75, 3.05) is 11.9 Å². The molecule has 3 aromatic carbocycles. The van der Waals surface area contributed by atoms with Crippen molar-refractivity contribution in [3.8, 4) is 5.88 Å². The third kappa shape index (κ3) is 4.25.